The van der Waals surface area contributed by atoms with E-state index in [1.807, 2.05) is 27.2 Å². The minimum absolute atomic E-state index is 0.0544. The number of carbonyl (C=O) groups is 1. The maximum atomic E-state index is 13.0. The zero-order valence-corrected chi connectivity index (χ0v) is 49.5. The van der Waals surface area contributed by atoms with E-state index in [1.165, 1.54) is 193 Å². The molecule has 0 saturated carbocycles. The lowest BCUT2D eigenvalue weighted by Gasteiger charge is -2.25. The molecule has 0 aliphatic rings. The molecule has 426 valence electrons. The van der Waals surface area contributed by atoms with Gasteiger partial charge in [0.25, 0.3) is 0 Å². The number of quaternary nitrogens is 1. The van der Waals surface area contributed by atoms with Crippen LogP contribution in [0.3, 0.4) is 0 Å². The van der Waals surface area contributed by atoms with Crippen LogP contribution >= 0.6 is 7.82 Å². The van der Waals surface area contributed by atoms with Crippen LogP contribution in [0.2, 0.25) is 0 Å². The number of aliphatic hydroxyl groups is 1. The smallest absolute Gasteiger partial charge is 0.387 e. The van der Waals surface area contributed by atoms with Crippen molar-refractivity contribution in [2.75, 3.05) is 40.9 Å². The molecule has 0 saturated heterocycles. The molecular formula is C64H120N2O6P+. The van der Waals surface area contributed by atoms with Crippen molar-refractivity contribution in [2.24, 2.45) is 0 Å². The molecule has 1 amide bonds. The van der Waals surface area contributed by atoms with Crippen molar-refractivity contribution in [3.05, 3.63) is 72.9 Å². The number of rotatable bonds is 56. The second kappa shape index (κ2) is 54.7. The topological polar surface area (TPSA) is 105 Å². The lowest BCUT2D eigenvalue weighted by Crippen LogP contribution is -2.45. The number of likely N-dealkylation sites (N-methyl/N-ethyl adjacent to an activating group) is 1. The molecule has 0 aliphatic carbocycles. The van der Waals surface area contributed by atoms with Crippen LogP contribution < -0.4 is 5.32 Å². The largest absolute Gasteiger partial charge is 0.472 e. The Morgan fingerprint density at radius 2 is 0.836 bits per heavy atom. The summed E-state index contributed by atoms with van der Waals surface area (Å²) in [6, 6.07) is -0.868. The molecule has 8 nitrogen and oxygen atoms in total. The standard InChI is InChI=1S/C64H119N2O6P/c1-6-8-10-12-14-16-18-20-22-24-26-28-30-32-33-34-36-38-40-42-44-46-48-50-52-54-56-58-64(68)65-62(61-72-73(69,70)71-60-59-66(3,4)5)63(67)57-55-53-51-49-47-45-43-41-39-37-35-31-29-27-25-23-21-19-17-15-13-11-9-7-2/h8,10,14,16,20,22,26,28,47,49,55,57,62-63,67H,6-7,9,11-13,15,17-19,21,23-25,27,29-46,48,50-54,56,58-61H2,1-5H3,(H-,65,68,69,70)/p+1/b10-8-,16-14-,22-20-,28-26-,49-47+,57-55+. The summed E-state index contributed by atoms with van der Waals surface area (Å²) in [6.45, 7) is 4.71. The van der Waals surface area contributed by atoms with Crippen LogP contribution in [0.4, 0.5) is 0 Å². The minimum atomic E-state index is -4.36. The summed E-state index contributed by atoms with van der Waals surface area (Å²) in [6.07, 6.45) is 75.9. The van der Waals surface area contributed by atoms with Crippen LogP contribution in [-0.4, -0.2) is 73.4 Å². The fourth-order valence-corrected chi connectivity index (χ4v) is 9.61. The Hall–Kier alpha value is -2.06. The van der Waals surface area contributed by atoms with Gasteiger partial charge in [-0.1, -0.05) is 273 Å². The Balaban J connectivity index is 4.20. The van der Waals surface area contributed by atoms with Crippen molar-refractivity contribution < 1.29 is 32.9 Å². The van der Waals surface area contributed by atoms with Gasteiger partial charge in [-0.3, -0.25) is 13.8 Å². The van der Waals surface area contributed by atoms with E-state index < -0.39 is 20.0 Å². The predicted octanol–water partition coefficient (Wildman–Crippen LogP) is 19.0. The Morgan fingerprint density at radius 1 is 0.479 bits per heavy atom. The van der Waals surface area contributed by atoms with Gasteiger partial charge >= 0.3 is 7.82 Å². The van der Waals surface area contributed by atoms with E-state index in [2.05, 4.69) is 79.9 Å². The summed E-state index contributed by atoms with van der Waals surface area (Å²) in [5.74, 6) is -0.187. The number of phosphoric ester groups is 1. The van der Waals surface area contributed by atoms with E-state index in [1.54, 1.807) is 6.08 Å². The van der Waals surface area contributed by atoms with Gasteiger partial charge in [-0.25, -0.2) is 4.57 Å². The second-order valence-corrected chi connectivity index (χ2v) is 23.5. The molecule has 0 aromatic heterocycles. The second-order valence-electron chi connectivity index (χ2n) is 22.0. The quantitative estimate of drug-likeness (QED) is 0.0243. The first kappa shape index (κ1) is 70.9. The van der Waals surface area contributed by atoms with Gasteiger partial charge < -0.3 is 19.8 Å². The maximum Gasteiger partial charge on any atom is 0.472 e. The molecule has 0 radical (unpaired) electrons. The van der Waals surface area contributed by atoms with E-state index in [0.717, 1.165) is 64.2 Å². The molecule has 0 aromatic carbocycles. The van der Waals surface area contributed by atoms with Gasteiger partial charge in [0.05, 0.1) is 39.9 Å². The SMILES string of the molecule is CC/C=C\C/C=C\C/C=C\C/C=C\CCCCCCCCCCCCCCCCC(=O)NC(COP(=O)(O)OCC[N+](C)(C)C)C(O)/C=C/CC/C=C/CCCCCCCCCCCCCCCCCCCC. The summed E-state index contributed by atoms with van der Waals surface area (Å²) in [5.41, 5.74) is 0. The summed E-state index contributed by atoms with van der Waals surface area (Å²) >= 11 is 0. The van der Waals surface area contributed by atoms with Gasteiger partial charge in [0.1, 0.15) is 13.2 Å². The molecule has 0 bridgehead atoms. The van der Waals surface area contributed by atoms with E-state index in [4.69, 9.17) is 9.05 Å². The molecule has 0 fully saturated rings. The zero-order chi connectivity index (χ0) is 53.5. The molecule has 0 aliphatic heterocycles. The fourth-order valence-electron chi connectivity index (χ4n) is 8.87. The van der Waals surface area contributed by atoms with E-state index in [0.29, 0.717) is 17.4 Å². The third kappa shape index (κ3) is 57.5. The summed E-state index contributed by atoms with van der Waals surface area (Å²) in [7, 11) is 1.56. The molecule has 9 heteroatoms. The van der Waals surface area contributed by atoms with E-state index >= 15 is 0 Å². The normalized spacial score (nSPS) is 14.3. The average molecular weight is 1040 g/mol. The summed E-state index contributed by atoms with van der Waals surface area (Å²) in [5, 5.41) is 13.9. The van der Waals surface area contributed by atoms with Crippen molar-refractivity contribution >= 4 is 13.7 Å². The molecule has 0 rings (SSSR count). The fraction of sp³-hybridized carbons (Fsp3) is 0.797. The molecule has 3 unspecified atom stereocenters. The number of hydrogen-bond acceptors (Lipinski definition) is 5. The first-order chi connectivity index (χ1) is 35.5. The highest BCUT2D eigenvalue weighted by Gasteiger charge is 2.27. The van der Waals surface area contributed by atoms with Crippen LogP contribution in [0.5, 0.6) is 0 Å². The number of phosphoric acid groups is 1. The Morgan fingerprint density at radius 3 is 1.26 bits per heavy atom. The monoisotopic (exact) mass is 1040 g/mol. The van der Waals surface area contributed by atoms with Gasteiger partial charge in [-0.2, -0.15) is 0 Å². The van der Waals surface area contributed by atoms with Crippen LogP contribution in [0.1, 0.15) is 277 Å². The number of carbonyl (C=O) groups excluding carboxylic acids is 1. The maximum absolute atomic E-state index is 13.0. The Bertz CT molecular complexity index is 1420. The molecule has 3 N–H and O–H groups in total. The molecule has 3 atom stereocenters. The van der Waals surface area contributed by atoms with Crippen LogP contribution in [-0.2, 0) is 18.4 Å². The number of hydrogen-bond donors (Lipinski definition) is 3. The van der Waals surface area contributed by atoms with Gasteiger partial charge in [0, 0.05) is 6.42 Å². The minimum Gasteiger partial charge on any atom is -0.387 e. The van der Waals surface area contributed by atoms with Crippen LogP contribution in [0, 0.1) is 0 Å². The number of aliphatic hydroxyl groups excluding tert-OH is 1. The third-order valence-electron chi connectivity index (χ3n) is 13.7. The molecule has 0 spiro atoms. The van der Waals surface area contributed by atoms with Crippen LogP contribution in [0.15, 0.2) is 72.9 Å². The van der Waals surface area contributed by atoms with Crippen molar-refractivity contribution in [2.45, 2.75) is 289 Å². The van der Waals surface area contributed by atoms with Crippen molar-refractivity contribution in [1.29, 1.82) is 0 Å². The Labute approximate surface area is 453 Å². The van der Waals surface area contributed by atoms with Crippen molar-refractivity contribution in [3.8, 4) is 0 Å². The number of nitrogens with one attached hydrogen (secondary N) is 1. The lowest BCUT2D eigenvalue weighted by atomic mass is 10.0. The molecule has 0 heterocycles. The summed E-state index contributed by atoms with van der Waals surface area (Å²) in [4.78, 5) is 23.3. The molecule has 73 heavy (non-hydrogen) atoms. The first-order valence-electron chi connectivity index (χ1n) is 30.8. The number of nitrogens with zero attached hydrogens (tertiary/aromatic N) is 1. The highest BCUT2D eigenvalue weighted by molar-refractivity contribution is 7.47. The highest BCUT2D eigenvalue weighted by Crippen LogP contribution is 2.43. The number of allylic oxidation sites excluding steroid dienone is 11. The van der Waals surface area contributed by atoms with Gasteiger partial charge in [-0.15, -0.1) is 0 Å². The van der Waals surface area contributed by atoms with Crippen LogP contribution in [0.25, 0.3) is 0 Å². The van der Waals surface area contributed by atoms with Gasteiger partial charge in [0.2, 0.25) is 5.91 Å². The molecular weight excluding hydrogens is 924 g/mol. The van der Waals surface area contributed by atoms with Crippen molar-refractivity contribution in [1.82, 2.24) is 5.32 Å². The third-order valence-corrected chi connectivity index (χ3v) is 14.6. The number of amides is 1. The average Bonchev–Trinajstić information content (AvgIpc) is 3.35. The van der Waals surface area contributed by atoms with Gasteiger partial charge in [-0.05, 0) is 70.6 Å². The van der Waals surface area contributed by atoms with E-state index in [9.17, 15) is 19.4 Å². The predicted molar refractivity (Wildman–Crippen MR) is 318 cm³/mol. The zero-order valence-electron chi connectivity index (χ0n) is 48.6. The summed E-state index contributed by atoms with van der Waals surface area (Å²) < 4.78 is 23.7. The van der Waals surface area contributed by atoms with E-state index in [-0.39, 0.29) is 19.1 Å². The lowest BCUT2D eigenvalue weighted by molar-refractivity contribution is -0.870. The first-order valence-corrected chi connectivity index (χ1v) is 32.3. The molecule has 0 aromatic rings. The highest BCUT2D eigenvalue weighted by atomic mass is 31.2. The van der Waals surface area contributed by atoms with Gasteiger partial charge in [0.15, 0.2) is 0 Å². The van der Waals surface area contributed by atoms with Crippen molar-refractivity contribution in [3.63, 3.8) is 0 Å². The Kier molecular flexibility index (Phi) is 53.2. The number of unbranched alkanes of at least 4 members (excludes halogenated alkanes) is 33.